The molecule has 4 rings (SSSR count). The Hall–Kier alpha value is -2.61. The lowest BCUT2D eigenvalue weighted by molar-refractivity contribution is 0.0621. The molecule has 1 aliphatic rings. The van der Waals surface area contributed by atoms with E-state index in [0.29, 0.717) is 24.5 Å². The summed E-state index contributed by atoms with van der Waals surface area (Å²) < 4.78 is 20.3. The van der Waals surface area contributed by atoms with Crippen molar-refractivity contribution in [2.24, 2.45) is 0 Å². The van der Waals surface area contributed by atoms with Crippen LogP contribution in [0.25, 0.3) is 0 Å². The van der Waals surface area contributed by atoms with E-state index in [1.54, 1.807) is 12.3 Å². The predicted molar refractivity (Wildman–Crippen MR) is 117 cm³/mol. The Morgan fingerprint density at radius 3 is 2.48 bits per heavy atom. The second kappa shape index (κ2) is 9.68. The number of carbonyl (C=O) groups excluding carboxylic acids is 1. The summed E-state index contributed by atoms with van der Waals surface area (Å²) in [6.45, 7) is 3.80. The molecule has 0 radical (unpaired) electrons. The van der Waals surface area contributed by atoms with Gasteiger partial charge in [0.25, 0.3) is 5.91 Å². The van der Waals surface area contributed by atoms with Crippen LogP contribution in [0.5, 0.6) is 5.75 Å². The van der Waals surface area contributed by atoms with Gasteiger partial charge in [0.15, 0.2) is 12.4 Å². The minimum Gasteiger partial charge on any atom is -0.471 e. The zero-order chi connectivity index (χ0) is 21.8. The quantitative estimate of drug-likeness (QED) is 0.547. The van der Waals surface area contributed by atoms with Crippen LogP contribution in [0.15, 0.2) is 54.7 Å². The highest BCUT2D eigenvalue weighted by molar-refractivity contribution is 6.31. The molecule has 0 atom stereocenters. The first-order chi connectivity index (χ1) is 15.0. The van der Waals surface area contributed by atoms with E-state index in [0.717, 1.165) is 24.7 Å². The van der Waals surface area contributed by atoms with Gasteiger partial charge in [-0.3, -0.25) is 9.69 Å². The van der Waals surface area contributed by atoms with Crippen LogP contribution in [0.3, 0.4) is 0 Å². The molecular formula is C22H21Cl2FN4O2. The number of benzene rings is 2. The Bertz CT molecular complexity index is 1050. The first kappa shape index (κ1) is 21.6. The number of hydrogen-bond donors (Lipinski definition) is 0. The Balaban J connectivity index is 1.27. The van der Waals surface area contributed by atoms with Crippen LogP contribution in [0.1, 0.15) is 16.1 Å². The number of ether oxygens (including phenoxy) is 1. The molecule has 6 nitrogen and oxygen atoms in total. The minimum absolute atomic E-state index is 0.0102. The lowest BCUT2D eigenvalue weighted by Gasteiger charge is -2.34. The van der Waals surface area contributed by atoms with Crippen molar-refractivity contribution in [3.8, 4) is 5.75 Å². The summed E-state index contributed by atoms with van der Waals surface area (Å²) in [4.78, 5) is 16.9. The van der Waals surface area contributed by atoms with E-state index in [9.17, 15) is 9.18 Å². The van der Waals surface area contributed by atoms with Crippen molar-refractivity contribution in [3.05, 3.63) is 81.8 Å². The van der Waals surface area contributed by atoms with Crippen molar-refractivity contribution in [2.45, 2.75) is 13.3 Å². The second-order valence-corrected chi connectivity index (χ2v) is 8.13. The van der Waals surface area contributed by atoms with Gasteiger partial charge in [0.05, 0.1) is 5.02 Å². The molecule has 0 N–H and O–H groups in total. The van der Waals surface area contributed by atoms with Gasteiger partial charge in [-0.15, -0.1) is 0 Å². The summed E-state index contributed by atoms with van der Waals surface area (Å²) in [6.07, 6.45) is 1.68. The molecular weight excluding hydrogens is 442 g/mol. The fourth-order valence-corrected chi connectivity index (χ4v) is 3.67. The van der Waals surface area contributed by atoms with E-state index in [-0.39, 0.29) is 17.7 Å². The Kier molecular flexibility index (Phi) is 6.75. The maximum absolute atomic E-state index is 13.2. The maximum Gasteiger partial charge on any atom is 0.274 e. The molecule has 1 aliphatic heterocycles. The van der Waals surface area contributed by atoms with Crippen LogP contribution in [0.4, 0.5) is 4.39 Å². The molecule has 0 saturated carbocycles. The first-order valence-corrected chi connectivity index (χ1v) is 10.6. The van der Waals surface area contributed by atoms with Gasteiger partial charge in [-0.05, 0) is 35.9 Å². The molecule has 1 amide bonds. The van der Waals surface area contributed by atoms with Crippen molar-refractivity contribution in [2.75, 3.05) is 26.2 Å². The minimum atomic E-state index is -0.505. The average molecular weight is 463 g/mol. The molecule has 1 aromatic heterocycles. The van der Waals surface area contributed by atoms with E-state index < -0.39 is 5.82 Å². The van der Waals surface area contributed by atoms with Crippen LogP contribution >= 0.6 is 23.2 Å². The van der Waals surface area contributed by atoms with Crippen LogP contribution in [-0.2, 0) is 13.3 Å². The molecule has 2 aromatic carbocycles. The molecule has 0 unspecified atom stereocenters. The lowest BCUT2D eigenvalue weighted by Crippen LogP contribution is -2.48. The van der Waals surface area contributed by atoms with Crippen LogP contribution in [0.2, 0.25) is 10.0 Å². The van der Waals surface area contributed by atoms with Gasteiger partial charge in [0.1, 0.15) is 11.6 Å². The maximum atomic E-state index is 13.2. The zero-order valence-electron chi connectivity index (χ0n) is 16.7. The molecule has 1 saturated heterocycles. The highest BCUT2D eigenvalue weighted by Crippen LogP contribution is 2.21. The van der Waals surface area contributed by atoms with Crippen molar-refractivity contribution in [1.82, 2.24) is 19.6 Å². The van der Waals surface area contributed by atoms with Gasteiger partial charge in [0, 0.05) is 50.0 Å². The molecule has 0 aliphatic carbocycles. The van der Waals surface area contributed by atoms with Gasteiger partial charge < -0.3 is 9.64 Å². The molecule has 31 heavy (non-hydrogen) atoms. The standard InChI is InChI=1S/C22H21Cl2FN4O2/c23-17-3-1-16(2-4-17)14-27-9-11-28(12-10-27)22(30)21-7-8-29(26-21)15-31-18-5-6-20(25)19(24)13-18/h1-8,13H,9-12,14-15H2. The average Bonchev–Trinajstić information content (AvgIpc) is 3.25. The molecule has 2 heterocycles. The summed E-state index contributed by atoms with van der Waals surface area (Å²) in [6, 6.07) is 13.6. The first-order valence-electron chi connectivity index (χ1n) is 9.85. The number of carbonyl (C=O) groups is 1. The normalized spacial score (nSPS) is 14.6. The van der Waals surface area contributed by atoms with Gasteiger partial charge >= 0.3 is 0 Å². The SMILES string of the molecule is O=C(c1ccn(COc2ccc(F)c(Cl)c2)n1)N1CCN(Cc2ccc(Cl)cc2)CC1. The third kappa shape index (κ3) is 5.55. The summed E-state index contributed by atoms with van der Waals surface area (Å²) in [5, 5.41) is 5.02. The molecule has 0 spiro atoms. The molecule has 162 valence electrons. The Labute approximate surface area is 189 Å². The van der Waals surface area contributed by atoms with Crippen molar-refractivity contribution in [1.29, 1.82) is 0 Å². The summed E-state index contributed by atoms with van der Waals surface area (Å²) in [7, 11) is 0. The van der Waals surface area contributed by atoms with Crippen molar-refractivity contribution >= 4 is 29.1 Å². The van der Waals surface area contributed by atoms with E-state index >= 15 is 0 Å². The monoisotopic (exact) mass is 462 g/mol. The summed E-state index contributed by atoms with van der Waals surface area (Å²) in [5.74, 6) is -0.185. The molecule has 0 bridgehead atoms. The highest BCUT2D eigenvalue weighted by atomic mass is 35.5. The molecule has 9 heteroatoms. The van der Waals surface area contributed by atoms with Gasteiger partial charge in [-0.25, -0.2) is 9.07 Å². The Morgan fingerprint density at radius 2 is 1.77 bits per heavy atom. The highest BCUT2D eigenvalue weighted by Gasteiger charge is 2.23. The van der Waals surface area contributed by atoms with Gasteiger partial charge in [-0.1, -0.05) is 35.3 Å². The largest absolute Gasteiger partial charge is 0.471 e. The van der Waals surface area contributed by atoms with Crippen LogP contribution in [-0.4, -0.2) is 51.7 Å². The van der Waals surface area contributed by atoms with Gasteiger partial charge in [-0.2, -0.15) is 5.10 Å². The fraction of sp³-hybridized carbons (Fsp3) is 0.273. The topological polar surface area (TPSA) is 50.6 Å². The second-order valence-electron chi connectivity index (χ2n) is 7.28. The number of halogens is 3. The number of piperazine rings is 1. The fourth-order valence-electron chi connectivity index (χ4n) is 3.37. The van der Waals surface area contributed by atoms with Crippen molar-refractivity contribution in [3.63, 3.8) is 0 Å². The van der Waals surface area contributed by atoms with Crippen molar-refractivity contribution < 1.29 is 13.9 Å². The van der Waals surface area contributed by atoms with Crippen LogP contribution in [0, 0.1) is 5.82 Å². The predicted octanol–water partition coefficient (Wildman–Crippen LogP) is 4.32. The number of amides is 1. The number of nitrogens with zero attached hydrogens (tertiary/aromatic N) is 4. The number of aromatic nitrogens is 2. The third-order valence-electron chi connectivity index (χ3n) is 5.09. The summed E-state index contributed by atoms with van der Waals surface area (Å²) >= 11 is 11.7. The number of rotatable bonds is 6. The van der Waals surface area contributed by atoms with E-state index in [1.807, 2.05) is 29.2 Å². The Morgan fingerprint density at radius 1 is 1.03 bits per heavy atom. The summed E-state index contributed by atoms with van der Waals surface area (Å²) in [5.41, 5.74) is 1.57. The van der Waals surface area contributed by atoms with E-state index in [2.05, 4.69) is 10.00 Å². The number of hydrogen-bond acceptors (Lipinski definition) is 4. The van der Waals surface area contributed by atoms with Gasteiger partial charge in [0.2, 0.25) is 0 Å². The molecule has 1 fully saturated rings. The smallest absolute Gasteiger partial charge is 0.274 e. The van der Waals surface area contributed by atoms with Crippen LogP contribution < -0.4 is 4.74 Å². The van der Waals surface area contributed by atoms with E-state index in [4.69, 9.17) is 27.9 Å². The third-order valence-corrected chi connectivity index (χ3v) is 5.63. The molecule has 3 aromatic rings. The lowest BCUT2D eigenvalue weighted by atomic mass is 10.2. The van der Waals surface area contributed by atoms with E-state index in [1.165, 1.54) is 28.4 Å². The zero-order valence-corrected chi connectivity index (χ0v) is 18.2.